The van der Waals surface area contributed by atoms with E-state index in [2.05, 4.69) is 10.3 Å². The van der Waals surface area contributed by atoms with E-state index >= 15 is 0 Å². The minimum Gasteiger partial charge on any atom is -0.506 e. The number of aromatic nitrogens is 1. The van der Waals surface area contributed by atoms with Gasteiger partial charge in [0.15, 0.2) is 0 Å². The largest absolute Gasteiger partial charge is 0.506 e. The molecule has 1 aromatic heterocycles. The first-order valence-corrected chi connectivity index (χ1v) is 6.45. The number of nitrogens with zero attached hydrogens (tertiary/aromatic N) is 1. The maximum absolute atomic E-state index is 11.8. The van der Waals surface area contributed by atoms with E-state index in [1.165, 1.54) is 30.2 Å². The average molecular weight is 256 g/mol. The lowest BCUT2D eigenvalue weighted by Gasteiger charge is -2.21. The number of carbonyl (C=O) groups excluding carboxylic acids is 1. The SMILES string of the molecule is CSC(CO)C(C)NC(=O)c1cncc(O)c1. The Balaban J connectivity index is 2.66. The van der Waals surface area contributed by atoms with Gasteiger partial charge in [0.1, 0.15) is 5.75 Å². The molecule has 3 N–H and O–H groups in total. The summed E-state index contributed by atoms with van der Waals surface area (Å²) < 4.78 is 0. The Bertz CT molecular complexity index is 383. The van der Waals surface area contributed by atoms with Crippen molar-refractivity contribution in [1.29, 1.82) is 0 Å². The number of hydrogen-bond acceptors (Lipinski definition) is 5. The van der Waals surface area contributed by atoms with E-state index in [-0.39, 0.29) is 29.6 Å². The first-order chi connectivity index (χ1) is 8.08. The maximum Gasteiger partial charge on any atom is 0.253 e. The van der Waals surface area contributed by atoms with Crippen molar-refractivity contribution < 1.29 is 15.0 Å². The molecule has 0 aliphatic rings. The van der Waals surface area contributed by atoms with E-state index in [9.17, 15) is 9.90 Å². The summed E-state index contributed by atoms with van der Waals surface area (Å²) in [6, 6.07) is 1.19. The second-order valence-electron chi connectivity index (χ2n) is 3.65. The minimum absolute atomic E-state index is 0.000896. The minimum atomic E-state index is -0.312. The molecule has 5 nitrogen and oxygen atoms in total. The smallest absolute Gasteiger partial charge is 0.253 e. The molecular formula is C11H16N2O3S. The molecule has 0 fully saturated rings. The van der Waals surface area contributed by atoms with Crippen LogP contribution in [0, 0.1) is 0 Å². The molecule has 0 bridgehead atoms. The number of amides is 1. The van der Waals surface area contributed by atoms with Gasteiger partial charge < -0.3 is 15.5 Å². The summed E-state index contributed by atoms with van der Waals surface area (Å²) in [7, 11) is 0. The van der Waals surface area contributed by atoms with Gasteiger partial charge in [-0.15, -0.1) is 0 Å². The monoisotopic (exact) mass is 256 g/mol. The molecule has 0 spiro atoms. The Kier molecular flexibility index (Phi) is 5.24. The Labute approximate surface area is 104 Å². The topological polar surface area (TPSA) is 82.5 Å². The van der Waals surface area contributed by atoms with E-state index in [4.69, 9.17) is 5.11 Å². The van der Waals surface area contributed by atoms with Gasteiger partial charge in [-0.25, -0.2) is 0 Å². The van der Waals surface area contributed by atoms with Gasteiger partial charge in [0.2, 0.25) is 0 Å². The highest BCUT2D eigenvalue weighted by molar-refractivity contribution is 7.99. The highest BCUT2D eigenvalue weighted by Gasteiger charge is 2.18. The average Bonchev–Trinajstić information content (AvgIpc) is 2.30. The third-order valence-electron chi connectivity index (χ3n) is 2.39. The highest BCUT2D eigenvalue weighted by atomic mass is 32.2. The van der Waals surface area contributed by atoms with E-state index in [0.29, 0.717) is 5.56 Å². The van der Waals surface area contributed by atoms with Gasteiger partial charge in [-0.05, 0) is 19.2 Å². The molecule has 17 heavy (non-hydrogen) atoms. The lowest BCUT2D eigenvalue weighted by atomic mass is 10.2. The van der Waals surface area contributed by atoms with Crippen molar-refractivity contribution >= 4 is 17.7 Å². The van der Waals surface area contributed by atoms with E-state index < -0.39 is 0 Å². The fourth-order valence-electron chi connectivity index (χ4n) is 1.37. The highest BCUT2D eigenvalue weighted by Crippen LogP contribution is 2.12. The van der Waals surface area contributed by atoms with Crippen LogP contribution < -0.4 is 5.32 Å². The second-order valence-corrected chi connectivity index (χ2v) is 4.73. The Morgan fingerprint density at radius 1 is 1.59 bits per heavy atom. The van der Waals surface area contributed by atoms with Crippen LogP contribution in [-0.4, -0.2) is 45.3 Å². The van der Waals surface area contributed by atoms with Gasteiger partial charge in [0.05, 0.1) is 18.4 Å². The second kappa shape index (κ2) is 6.46. The predicted octanol–water partition coefficient (Wildman–Crippen LogP) is 0.629. The standard InChI is InChI=1S/C11H16N2O3S/c1-7(10(6-14)17-2)13-11(16)8-3-9(15)5-12-4-8/h3-5,7,10,14-15H,6H2,1-2H3,(H,13,16). The van der Waals surface area contributed by atoms with Crippen molar-refractivity contribution in [2.75, 3.05) is 12.9 Å². The Hall–Kier alpha value is -1.27. The molecule has 0 radical (unpaired) electrons. The van der Waals surface area contributed by atoms with Crippen molar-refractivity contribution in [3.63, 3.8) is 0 Å². The summed E-state index contributed by atoms with van der Waals surface area (Å²) in [5, 5.41) is 21.0. The quantitative estimate of drug-likeness (QED) is 0.720. The van der Waals surface area contributed by atoms with Crippen molar-refractivity contribution in [2.45, 2.75) is 18.2 Å². The molecule has 2 atom stereocenters. The number of hydrogen-bond donors (Lipinski definition) is 3. The zero-order valence-electron chi connectivity index (χ0n) is 9.75. The molecule has 0 saturated heterocycles. The zero-order chi connectivity index (χ0) is 12.8. The molecule has 1 aromatic rings. The normalized spacial score (nSPS) is 14.1. The van der Waals surface area contributed by atoms with Gasteiger partial charge in [-0.3, -0.25) is 9.78 Å². The van der Waals surface area contributed by atoms with Gasteiger partial charge in [0, 0.05) is 17.5 Å². The number of aliphatic hydroxyl groups is 1. The zero-order valence-corrected chi connectivity index (χ0v) is 10.6. The van der Waals surface area contributed by atoms with Crippen LogP contribution in [0.25, 0.3) is 0 Å². The number of carbonyl (C=O) groups is 1. The Morgan fingerprint density at radius 2 is 2.29 bits per heavy atom. The summed E-state index contributed by atoms with van der Waals surface area (Å²) in [4.78, 5) is 15.5. The van der Waals surface area contributed by atoms with Crippen LogP contribution in [0.2, 0.25) is 0 Å². The first kappa shape index (κ1) is 13.8. The molecule has 0 aliphatic heterocycles. The number of thioether (sulfide) groups is 1. The molecule has 6 heteroatoms. The van der Waals surface area contributed by atoms with E-state index in [1.807, 2.05) is 13.2 Å². The van der Waals surface area contributed by atoms with Crippen LogP contribution >= 0.6 is 11.8 Å². The molecular weight excluding hydrogens is 240 g/mol. The lowest BCUT2D eigenvalue weighted by Crippen LogP contribution is -2.41. The number of aromatic hydroxyl groups is 1. The van der Waals surface area contributed by atoms with E-state index in [1.54, 1.807) is 0 Å². The molecule has 1 amide bonds. The number of aliphatic hydroxyl groups excluding tert-OH is 1. The molecule has 1 rings (SSSR count). The van der Waals surface area contributed by atoms with Crippen molar-refractivity contribution in [3.8, 4) is 5.75 Å². The summed E-state index contributed by atoms with van der Waals surface area (Å²) in [6.07, 6.45) is 4.52. The van der Waals surface area contributed by atoms with E-state index in [0.717, 1.165) is 0 Å². The first-order valence-electron chi connectivity index (χ1n) is 5.17. The summed E-state index contributed by atoms with van der Waals surface area (Å²) in [5.41, 5.74) is 0.301. The van der Waals surface area contributed by atoms with Gasteiger partial charge in [-0.2, -0.15) is 11.8 Å². The van der Waals surface area contributed by atoms with Crippen LogP contribution in [0.4, 0.5) is 0 Å². The predicted molar refractivity (Wildman–Crippen MR) is 67.2 cm³/mol. The molecule has 0 aromatic carbocycles. The van der Waals surface area contributed by atoms with Crippen LogP contribution in [0.1, 0.15) is 17.3 Å². The van der Waals surface area contributed by atoms with Crippen molar-refractivity contribution in [1.82, 2.24) is 10.3 Å². The molecule has 0 saturated carbocycles. The summed E-state index contributed by atoms with van der Waals surface area (Å²) in [6.45, 7) is 1.83. The van der Waals surface area contributed by atoms with Crippen LogP contribution in [0.3, 0.4) is 0 Å². The molecule has 1 heterocycles. The fourth-order valence-corrected chi connectivity index (χ4v) is 2.00. The summed E-state index contributed by atoms with van der Waals surface area (Å²) >= 11 is 1.49. The molecule has 94 valence electrons. The van der Waals surface area contributed by atoms with Crippen molar-refractivity contribution in [2.24, 2.45) is 0 Å². The van der Waals surface area contributed by atoms with Gasteiger partial charge in [-0.1, -0.05) is 0 Å². The third kappa shape index (κ3) is 3.90. The fraction of sp³-hybridized carbons (Fsp3) is 0.455. The van der Waals surface area contributed by atoms with Gasteiger partial charge >= 0.3 is 0 Å². The van der Waals surface area contributed by atoms with Gasteiger partial charge in [0.25, 0.3) is 5.91 Å². The molecule has 2 unspecified atom stereocenters. The molecule has 0 aliphatic carbocycles. The van der Waals surface area contributed by atoms with Crippen LogP contribution in [-0.2, 0) is 0 Å². The number of pyridine rings is 1. The summed E-state index contributed by atoms with van der Waals surface area (Å²) in [5.74, 6) is -0.359. The van der Waals surface area contributed by atoms with Crippen LogP contribution in [0.5, 0.6) is 5.75 Å². The number of nitrogens with one attached hydrogen (secondary N) is 1. The third-order valence-corrected chi connectivity index (χ3v) is 3.55. The lowest BCUT2D eigenvalue weighted by molar-refractivity contribution is 0.0935. The number of rotatable bonds is 5. The van der Waals surface area contributed by atoms with Crippen molar-refractivity contribution in [3.05, 3.63) is 24.0 Å². The maximum atomic E-state index is 11.8. The Morgan fingerprint density at radius 3 is 2.82 bits per heavy atom. The van der Waals surface area contributed by atoms with Crippen LogP contribution in [0.15, 0.2) is 18.5 Å².